The van der Waals surface area contributed by atoms with Crippen molar-refractivity contribution in [3.8, 4) is 5.75 Å². The molecule has 0 atom stereocenters. The molecule has 0 saturated carbocycles. The van der Waals surface area contributed by atoms with Gasteiger partial charge in [0, 0.05) is 42.5 Å². The number of nitrogens with one attached hydrogen (secondary N) is 2. The van der Waals surface area contributed by atoms with Crippen molar-refractivity contribution in [3.63, 3.8) is 0 Å². The molecule has 0 spiro atoms. The number of alkyl halides is 2. The zero-order chi connectivity index (χ0) is 18.1. The lowest BCUT2D eigenvalue weighted by atomic mass is 10.0. The third kappa shape index (κ3) is 5.42. The van der Waals surface area contributed by atoms with Crippen molar-refractivity contribution >= 4 is 17.9 Å². The van der Waals surface area contributed by atoms with E-state index < -0.39 is 6.61 Å². The second kappa shape index (κ2) is 9.17. The average molecular weight is 344 g/mol. The van der Waals surface area contributed by atoms with E-state index in [9.17, 15) is 8.78 Å². The van der Waals surface area contributed by atoms with Gasteiger partial charge in [-0.3, -0.25) is 4.98 Å². The molecule has 7 heteroatoms. The Kier molecular flexibility index (Phi) is 6.65. The van der Waals surface area contributed by atoms with Gasteiger partial charge in [-0.05, 0) is 41.6 Å². The number of hydrogen-bond acceptors (Lipinski definition) is 5. The number of allylic oxidation sites excluding steroid dienone is 1. The van der Waals surface area contributed by atoms with Crippen LogP contribution in [0.15, 0.2) is 55.1 Å². The fourth-order valence-corrected chi connectivity index (χ4v) is 2.13. The molecule has 0 aliphatic heterocycles. The summed E-state index contributed by atoms with van der Waals surface area (Å²) in [5, 5.41) is 10.5. The highest BCUT2D eigenvalue weighted by Crippen LogP contribution is 2.17. The second-order valence-corrected chi connectivity index (χ2v) is 4.97. The summed E-state index contributed by atoms with van der Waals surface area (Å²) in [6.45, 7) is -2.31. The van der Waals surface area contributed by atoms with E-state index in [2.05, 4.69) is 15.0 Å². The van der Waals surface area contributed by atoms with E-state index in [4.69, 9.17) is 11.1 Å². The fraction of sp³-hybridized carbons (Fsp3) is 0.111. The minimum atomic E-state index is -2.82. The van der Waals surface area contributed by atoms with Crippen LogP contribution in [0.2, 0.25) is 0 Å². The van der Waals surface area contributed by atoms with E-state index in [1.807, 2.05) is 6.08 Å². The highest BCUT2D eigenvalue weighted by Gasteiger charge is 2.04. The zero-order valence-corrected chi connectivity index (χ0v) is 13.3. The first-order valence-electron chi connectivity index (χ1n) is 7.44. The molecule has 0 aliphatic carbocycles. The van der Waals surface area contributed by atoms with Crippen molar-refractivity contribution in [1.82, 2.24) is 10.3 Å². The third-order valence-corrected chi connectivity index (χ3v) is 3.33. The SMILES string of the molecule is N=CC(=CN)c1ccncc1/C=C/NCc1ccc(OC(F)F)cc1. The van der Waals surface area contributed by atoms with Crippen molar-refractivity contribution in [3.05, 3.63) is 71.8 Å². The van der Waals surface area contributed by atoms with Gasteiger partial charge in [0.15, 0.2) is 0 Å². The molecule has 0 fully saturated rings. The molecule has 1 aromatic heterocycles. The molecular weight excluding hydrogens is 326 g/mol. The van der Waals surface area contributed by atoms with Crippen molar-refractivity contribution in [2.75, 3.05) is 0 Å². The molecular formula is C18H18F2N4O. The average Bonchev–Trinajstić information content (AvgIpc) is 2.62. The fourth-order valence-electron chi connectivity index (χ4n) is 2.13. The van der Waals surface area contributed by atoms with E-state index in [1.165, 1.54) is 24.5 Å². The summed E-state index contributed by atoms with van der Waals surface area (Å²) in [5.41, 5.74) is 8.66. The molecule has 0 aliphatic rings. The van der Waals surface area contributed by atoms with Crippen LogP contribution in [-0.4, -0.2) is 17.8 Å². The van der Waals surface area contributed by atoms with Crippen LogP contribution in [0.5, 0.6) is 5.75 Å². The Morgan fingerprint density at radius 2 is 2.04 bits per heavy atom. The first kappa shape index (κ1) is 18.1. The van der Waals surface area contributed by atoms with Crippen molar-refractivity contribution in [2.24, 2.45) is 5.73 Å². The normalized spacial score (nSPS) is 11.7. The number of hydrogen-bond donors (Lipinski definition) is 3. The van der Waals surface area contributed by atoms with E-state index >= 15 is 0 Å². The van der Waals surface area contributed by atoms with Crippen LogP contribution < -0.4 is 15.8 Å². The Hall–Kier alpha value is -3.22. The Labute approximate surface area is 144 Å². The number of nitrogens with two attached hydrogens (primary N) is 1. The number of ether oxygens (including phenoxy) is 1. The second-order valence-electron chi connectivity index (χ2n) is 4.97. The number of pyridine rings is 1. The van der Waals surface area contributed by atoms with Gasteiger partial charge in [0.05, 0.1) is 0 Å². The highest BCUT2D eigenvalue weighted by molar-refractivity contribution is 6.09. The highest BCUT2D eigenvalue weighted by atomic mass is 19.3. The van der Waals surface area contributed by atoms with Crippen molar-refractivity contribution in [2.45, 2.75) is 13.2 Å². The lowest BCUT2D eigenvalue weighted by Crippen LogP contribution is -2.05. The van der Waals surface area contributed by atoms with Crippen LogP contribution >= 0.6 is 0 Å². The van der Waals surface area contributed by atoms with Crippen LogP contribution in [0, 0.1) is 5.41 Å². The largest absolute Gasteiger partial charge is 0.435 e. The summed E-state index contributed by atoms with van der Waals surface area (Å²) in [5.74, 6) is 0.127. The molecule has 130 valence electrons. The lowest BCUT2D eigenvalue weighted by Gasteiger charge is -2.07. The molecule has 0 radical (unpaired) electrons. The Morgan fingerprint density at radius 1 is 1.28 bits per heavy atom. The molecule has 0 bridgehead atoms. The Bertz CT molecular complexity index is 758. The molecule has 1 aromatic carbocycles. The first-order chi connectivity index (χ1) is 12.1. The Morgan fingerprint density at radius 3 is 2.68 bits per heavy atom. The van der Waals surface area contributed by atoms with Gasteiger partial charge in [-0.2, -0.15) is 8.78 Å². The summed E-state index contributed by atoms with van der Waals surface area (Å²) < 4.78 is 28.5. The Balaban J connectivity index is 1.97. The summed E-state index contributed by atoms with van der Waals surface area (Å²) in [7, 11) is 0. The number of benzene rings is 1. The summed E-state index contributed by atoms with van der Waals surface area (Å²) in [6.07, 6.45) is 9.44. The number of rotatable bonds is 8. The molecule has 1 heterocycles. The van der Waals surface area contributed by atoms with Crippen molar-refractivity contribution in [1.29, 1.82) is 5.41 Å². The standard InChI is InChI=1S/C18H18F2N4O/c19-18(20)25-16-3-1-13(2-4-16)11-23-7-5-14-12-24-8-6-17(14)15(9-21)10-22/h1-10,12,18,21,23H,11,22H2/b7-5+,15-10?,21-9?. The van der Waals surface area contributed by atoms with Gasteiger partial charge in [0.2, 0.25) is 0 Å². The van der Waals surface area contributed by atoms with E-state index in [0.717, 1.165) is 16.7 Å². The topological polar surface area (TPSA) is 84.0 Å². The zero-order valence-electron chi connectivity index (χ0n) is 13.3. The van der Waals surface area contributed by atoms with Crippen LogP contribution in [0.25, 0.3) is 11.6 Å². The minimum absolute atomic E-state index is 0.127. The van der Waals surface area contributed by atoms with E-state index in [-0.39, 0.29) is 5.75 Å². The van der Waals surface area contributed by atoms with Gasteiger partial charge >= 0.3 is 6.61 Å². The van der Waals surface area contributed by atoms with E-state index in [0.29, 0.717) is 12.1 Å². The quantitative estimate of drug-likeness (QED) is 0.641. The van der Waals surface area contributed by atoms with Crippen LogP contribution in [-0.2, 0) is 6.54 Å². The maximum Gasteiger partial charge on any atom is 0.387 e. The maximum atomic E-state index is 12.1. The smallest absolute Gasteiger partial charge is 0.387 e. The van der Waals surface area contributed by atoms with Gasteiger partial charge < -0.3 is 21.2 Å². The van der Waals surface area contributed by atoms with Crippen LogP contribution in [0.4, 0.5) is 8.78 Å². The summed E-state index contributed by atoms with van der Waals surface area (Å²) in [6, 6.07) is 8.19. The molecule has 2 rings (SSSR count). The maximum absolute atomic E-state index is 12.1. The van der Waals surface area contributed by atoms with E-state index in [1.54, 1.807) is 36.8 Å². The molecule has 0 unspecified atom stereocenters. The van der Waals surface area contributed by atoms with Gasteiger partial charge in [0.25, 0.3) is 0 Å². The molecule has 2 aromatic rings. The molecule has 5 nitrogen and oxygen atoms in total. The predicted molar refractivity (Wildman–Crippen MR) is 94.1 cm³/mol. The molecule has 0 saturated heterocycles. The van der Waals surface area contributed by atoms with Gasteiger partial charge in [-0.15, -0.1) is 0 Å². The number of nitrogens with zero attached hydrogens (tertiary/aromatic N) is 1. The first-order valence-corrected chi connectivity index (χ1v) is 7.44. The van der Waals surface area contributed by atoms with Crippen LogP contribution in [0.1, 0.15) is 16.7 Å². The predicted octanol–water partition coefficient (Wildman–Crippen LogP) is 3.39. The molecule has 0 amide bonds. The minimum Gasteiger partial charge on any atom is -0.435 e. The number of aromatic nitrogens is 1. The van der Waals surface area contributed by atoms with Gasteiger partial charge in [-0.1, -0.05) is 12.1 Å². The summed E-state index contributed by atoms with van der Waals surface area (Å²) >= 11 is 0. The van der Waals surface area contributed by atoms with Crippen molar-refractivity contribution < 1.29 is 13.5 Å². The monoisotopic (exact) mass is 344 g/mol. The molecule has 25 heavy (non-hydrogen) atoms. The van der Waals surface area contributed by atoms with Gasteiger partial charge in [-0.25, -0.2) is 0 Å². The third-order valence-electron chi connectivity index (χ3n) is 3.33. The molecule has 4 N–H and O–H groups in total. The van der Waals surface area contributed by atoms with Gasteiger partial charge in [0.1, 0.15) is 5.75 Å². The lowest BCUT2D eigenvalue weighted by molar-refractivity contribution is -0.0498. The summed E-state index contributed by atoms with van der Waals surface area (Å²) in [4.78, 5) is 4.07. The number of halogens is 2. The van der Waals surface area contributed by atoms with Crippen LogP contribution in [0.3, 0.4) is 0 Å².